The first-order valence-corrected chi connectivity index (χ1v) is 8.76. The lowest BCUT2D eigenvalue weighted by molar-refractivity contribution is -0.139. The molecule has 0 bridgehead atoms. The van der Waals surface area contributed by atoms with Crippen molar-refractivity contribution in [2.75, 3.05) is 13.1 Å². The van der Waals surface area contributed by atoms with Crippen molar-refractivity contribution in [1.82, 2.24) is 25.2 Å². The van der Waals surface area contributed by atoms with Crippen LogP contribution in [0.5, 0.6) is 0 Å². The van der Waals surface area contributed by atoms with Gasteiger partial charge < -0.3 is 10.4 Å². The van der Waals surface area contributed by atoms with Crippen molar-refractivity contribution in [3.63, 3.8) is 0 Å². The minimum absolute atomic E-state index is 0.0447. The summed E-state index contributed by atoms with van der Waals surface area (Å²) < 4.78 is 1.52. The molecule has 0 saturated heterocycles. The van der Waals surface area contributed by atoms with Crippen LogP contribution in [0.25, 0.3) is 11.3 Å². The number of hydrogen-bond donors (Lipinski definition) is 2. The van der Waals surface area contributed by atoms with Gasteiger partial charge in [0.1, 0.15) is 12.2 Å². The third-order valence-electron chi connectivity index (χ3n) is 4.65. The second-order valence-electron chi connectivity index (χ2n) is 6.51. The molecule has 8 heteroatoms. The Morgan fingerprint density at radius 2 is 2.04 bits per heavy atom. The molecule has 1 amide bonds. The fraction of sp³-hybridized carbons (Fsp3) is 0.444. The normalized spacial score (nSPS) is 19.2. The molecule has 3 rings (SSSR count). The SMILES string of the molecule is CCN(CC(=O)O)C1CC(NC(=O)Cn2cc(-c3ccccc3)nn2)C1. The van der Waals surface area contributed by atoms with Crippen molar-refractivity contribution >= 4 is 11.9 Å². The van der Waals surface area contributed by atoms with E-state index in [-0.39, 0.29) is 31.1 Å². The summed E-state index contributed by atoms with van der Waals surface area (Å²) >= 11 is 0. The van der Waals surface area contributed by atoms with E-state index in [9.17, 15) is 9.59 Å². The summed E-state index contributed by atoms with van der Waals surface area (Å²) in [7, 11) is 0. The number of carbonyl (C=O) groups excluding carboxylic acids is 1. The molecule has 0 atom stereocenters. The lowest BCUT2D eigenvalue weighted by Gasteiger charge is -2.42. The van der Waals surface area contributed by atoms with E-state index in [2.05, 4.69) is 15.6 Å². The summed E-state index contributed by atoms with van der Waals surface area (Å²) in [6.45, 7) is 2.80. The second-order valence-corrected chi connectivity index (χ2v) is 6.51. The molecule has 0 radical (unpaired) electrons. The van der Waals surface area contributed by atoms with Crippen molar-refractivity contribution in [3.05, 3.63) is 36.5 Å². The van der Waals surface area contributed by atoms with E-state index in [4.69, 9.17) is 5.11 Å². The van der Waals surface area contributed by atoms with E-state index in [1.807, 2.05) is 42.2 Å². The number of likely N-dealkylation sites (N-methyl/N-ethyl adjacent to an activating group) is 1. The lowest BCUT2D eigenvalue weighted by Crippen LogP contribution is -2.55. The van der Waals surface area contributed by atoms with Crippen LogP contribution in [-0.4, -0.2) is 62.0 Å². The highest BCUT2D eigenvalue weighted by molar-refractivity contribution is 5.76. The number of carboxylic acids is 1. The number of carboxylic acid groups (broad SMARTS) is 1. The summed E-state index contributed by atoms with van der Waals surface area (Å²) in [6.07, 6.45) is 3.31. The molecule has 1 saturated carbocycles. The Hall–Kier alpha value is -2.74. The van der Waals surface area contributed by atoms with Gasteiger partial charge in [0.25, 0.3) is 0 Å². The summed E-state index contributed by atoms with van der Waals surface area (Å²) in [6, 6.07) is 9.99. The molecule has 1 aliphatic carbocycles. The van der Waals surface area contributed by atoms with Gasteiger partial charge in [-0.2, -0.15) is 0 Å². The lowest BCUT2D eigenvalue weighted by atomic mass is 9.85. The molecule has 2 N–H and O–H groups in total. The number of amides is 1. The molecular weight excluding hydrogens is 334 g/mol. The van der Waals surface area contributed by atoms with E-state index >= 15 is 0 Å². The molecule has 1 heterocycles. The molecule has 0 unspecified atom stereocenters. The smallest absolute Gasteiger partial charge is 0.317 e. The number of rotatable bonds is 8. The standard InChI is InChI=1S/C18H23N5O3/c1-2-22(12-18(25)26)15-8-14(9-15)19-17(24)11-23-10-16(20-21-23)13-6-4-3-5-7-13/h3-7,10,14-15H,2,8-9,11-12H2,1H3,(H,19,24)(H,25,26). The van der Waals surface area contributed by atoms with Crippen molar-refractivity contribution in [1.29, 1.82) is 0 Å². The van der Waals surface area contributed by atoms with Crippen LogP contribution >= 0.6 is 0 Å². The Morgan fingerprint density at radius 3 is 2.69 bits per heavy atom. The van der Waals surface area contributed by atoms with E-state index in [0.717, 1.165) is 24.1 Å². The van der Waals surface area contributed by atoms with Gasteiger partial charge in [-0.1, -0.05) is 42.5 Å². The maximum atomic E-state index is 12.2. The Labute approximate surface area is 151 Å². The number of hydrogen-bond acceptors (Lipinski definition) is 5. The predicted molar refractivity (Wildman–Crippen MR) is 95.3 cm³/mol. The summed E-state index contributed by atoms with van der Waals surface area (Å²) in [5, 5.41) is 20.0. The van der Waals surface area contributed by atoms with Crippen LogP contribution in [0, 0.1) is 0 Å². The number of nitrogens with one attached hydrogen (secondary N) is 1. The van der Waals surface area contributed by atoms with Gasteiger partial charge in [0.2, 0.25) is 5.91 Å². The highest BCUT2D eigenvalue weighted by Gasteiger charge is 2.34. The third kappa shape index (κ3) is 4.45. The molecule has 1 fully saturated rings. The molecule has 1 aliphatic rings. The average molecular weight is 357 g/mol. The van der Waals surface area contributed by atoms with Gasteiger partial charge in [0.15, 0.2) is 0 Å². The van der Waals surface area contributed by atoms with E-state index in [0.29, 0.717) is 6.54 Å². The molecule has 1 aromatic heterocycles. The number of aliphatic carboxylic acids is 1. The molecule has 26 heavy (non-hydrogen) atoms. The zero-order valence-electron chi connectivity index (χ0n) is 14.7. The van der Waals surface area contributed by atoms with Crippen molar-refractivity contribution in [2.45, 2.75) is 38.4 Å². The van der Waals surface area contributed by atoms with Crippen LogP contribution in [0.1, 0.15) is 19.8 Å². The van der Waals surface area contributed by atoms with Crippen LogP contribution in [0.4, 0.5) is 0 Å². The zero-order valence-corrected chi connectivity index (χ0v) is 14.7. The molecular formula is C18H23N5O3. The van der Waals surface area contributed by atoms with E-state index < -0.39 is 5.97 Å². The molecule has 0 spiro atoms. The molecule has 8 nitrogen and oxygen atoms in total. The number of benzene rings is 1. The second kappa shape index (κ2) is 8.09. The number of carbonyl (C=O) groups is 2. The number of aromatic nitrogens is 3. The Morgan fingerprint density at radius 1 is 1.31 bits per heavy atom. The Balaban J connectivity index is 1.46. The highest BCUT2D eigenvalue weighted by Crippen LogP contribution is 2.25. The van der Waals surface area contributed by atoms with Crippen LogP contribution in [0.3, 0.4) is 0 Å². The van der Waals surface area contributed by atoms with Crippen molar-refractivity contribution in [3.8, 4) is 11.3 Å². The van der Waals surface area contributed by atoms with Gasteiger partial charge in [0.05, 0.1) is 12.7 Å². The third-order valence-corrected chi connectivity index (χ3v) is 4.65. The van der Waals surface area contributed by atoms with Crippen LogP contribution in [-0.2, 0) is 16.1 Å². The topological polar surface area (TPSA) is 100 Å². The highest BCUT2D eigenvalue weighted by atomic mass is 16.4. The fourth-order valence-electron chi connectivity index (χ4n) is 3.21. The number of nitrogens with zero attached hydrogens (tertiary/aromatic N) is 4. The first-order valence-electron chi connectivity index (χ1n) is 8.76. The van der Waals surface area contributed by atoms with Gasteiger partial charge in [-0.3, -0.25) is 14.5 Å². The maximum absolute atomic E-state index is 12.2. The first-order chi connectivity index (χ1) is 12.5. The minimum Gasteiger partial charge on any atom is -0.480 e. The van der Waals surface area contributed by atoms with Gasteiger partial charge in [-0.05, 0) is 19.4 Å². The summed E-state index contributed by atoms with van der Waals surface area (Å²) in [5.41, 5.74) is 1.69. The van der Waals surface area contributed by atoms with Gasteiger partial charge in [0, 0.05) is 17.6 Å². The van der Waals surface area contributed by atoms with Crippen molar-refractivity contribution < 1.29 is 14.7 Å². The van der Waals surface area contributed by atoms with E-state index in [1.54, 1.807) is 6.20 Å². The van der Waals surface area contributed by atoms with Gasteiger partial charge >= 0.3 is 5.97 Å². The van der Waals surface area contributed by atoms with Crippen LogP contribution in [0.2, 0.25) is 0 Å². The maximum Gasteiger partial charge on any atom is 0.317 e. The molecule has 2 aromatic rings. The molecule has 0 aliphatic heterocycles. The van der Waals surface area contributed by atoms with Gasteiger partial charge in [-0.25, -0.2) is 4.68 Å². The zero-order chi connectivity index (χ0) is 18.5. The van der Waals surface area contributed by atoms with Gasteiger partial charge in [-0.15, -0.1) is 5.10 Å². The largest absolute Gasteiger partial charge is 0.480 e. The minimum atomic E-state index is -0.820. The summed E-state index contributed by atoms with van der Waals surface area (Å²) in [5.74, 6) is -0.931. The fourth-order valence-corrected chi connectivity index (χ4v) is 3.21. The quantitative estimate of drug-likeness (QED) is 0.731. The van der Waals surface area contributed by atoms with Crippen LogP contribution < -0.4 is 5.32 Å². The Bertz CT molecular complexity index is 755. The monoisotopic (exact) mass is 357 g/mol. The molecule has 138 valence electrons. The average Bonchev–Trinajstić information content (AvgIpc) is 3.05. The molecule has 1 aromatic carbocycles. The first kappa shape index (κ1) is 18.1. The Kier molecular flexibility index (Phi) is 5.62. The van der Waals surface area contributed by atoms with Crippen LogP contribution in [0.15, 0.2) is 36.5 Å². The van der Waals surface area contributed by atoms with E-state index in [1.165, 1.54) is 4.68 Å². The predicted octanol–water partition coefficient (Wildman–Crippen LogP) is 0.999. The van der Waals surface area contributed by atoms with Crippen molar-refractivity contribution in [2.24, 2.45) is 0 Å². The summed E-state index contributed by atoms with van der Waals surface area (Å²) in [4.78, 5) is 25.0.